The van der Waals surface area contributed by atoms with Gasteiger partial charge in [-0.25, -0.2) is 18.5 Å². The van der Waals surface area contributed by atoms with E-state index in [1.165, 1.54) is 42.6 Å². The number of primary sulfonamides is 1. The van der Waals surface area contributed by atoms with Gasteiger partial charge in [0.05, 0.1) is 10.4 Å². The van der Waals surface area contributed by atoms with E-state index in [1.807, 2.05) is 0 Å². The van der Waals surface area contributed by atoms with Crippen molar-refractivity contribution < 1.29 is 34.2 Å². The topological polar surface area (TPSA) is 129 Å². The summed E-state index contributed by atoms with van der Waals surface area (Å²) < 4.78 is 87.0. The molecule has 2 heterocycles. The minimum absolute atomic E-state index is 0.00365. The molecule has 0 aliphatic carbocycles. The highest BCUT2D eigenvalue weighted by molar-refractivity contribution is 7.89. The minimum Gasteiger partial charge on any atom is -0.355 e. The number of hydrogen-bond acceptors (Lipinski definition) is 7. The number of pyridine rings is 2. The Morgan fingerprint density at radius 1 is 1.00 bits per heavy atom. The summed E-state index contributed by atoms with van der Waals surface area (Å²) in [6, 6.07) is 9.01. The molecule has 3 aromatic rings. The Labute approximate surface area is 157 Å². The maximum absolute atomic E-state index is 12.5. The van der Waals surface area contributed by atoms with Crippen LogP contribution in [0.2, 0.25) is 0 Å². The molecule has 0 bridgehead atoms. The Bertz CT molecular complexity index is 1280. The largest absolute Gasteiger partial charge is 0.534 e. The summed E-state index contributed by atoms with van der Waals surface area (Å²) in [5, 5.41) is 5.10. The lowest BCUT2D eigenvalue weighted by molar-refractivity contribution is -0.0501. The third-order valence-corrected chi connectivity index (χ3v) is 5.38. The van der Waals surface area contributed by atoms with Gasteiger partial charge in [0.25, 0.3) is 0 Å². The van der Waals surface area contributed by atoms with Crippen LogP contribution in [0.5, 0.6) is 5.88 Å². The van der Waals surface area contributed by atoms with Crippen LogP contribution in [0.15, 0.2) is 53.6 Å². The molecule has 28 heavy (non-hydrogen) atoms. The molecule has 148 valence electrons. The fraction of sp³-hybridized carbons (Fsp3) is 0.0667. The van der Waals surface area contributed by atoms with E-state index < -0.39 is 31.5 Å². The van der Waals surface area contributed by atoms with Gasteiger partial charge in [0, 0.05) is 17.8 Å². The first-order valence-corrected chi connectivity index (χ1v) is 10.2. The van der Waals surface area contributed by atoms with Gasteiger partial charge >= 0.3 is 15.6 Å². The number of halogens is 3. The van der Waals surface area contributed by atoms with E-state index in [1.54, 1.807) is 0 Å². The monoisotopic (exact) mass is 433 g/mol. The number of hydrogen-bond donors (Lipinski definition) is 1. The fourth-order valence-electron chi connectivity index (χ4n) is 2.29. The zero-order chi connectivity index (χ0) is 20.7. The van der Waals surface area contributed by atoms with Crippen molar-refractivity contribution in [3.8, 4) is 17.0 Å². The van der Waals surface area contributed by atoms with E-state index in [-0.39, 0.29) is 21.5 Å². The third-order valence-electron chi connectivity index (χ3n) is 3.51. The molecule has 0 amide bonds. The molecule has 0 unspecified atom stereocenters. The van der Waals surface area contributed by atoms with Crippen LogP contribution in [-0.2, 0) is 20.1 Å². The van der Waals surface area contributed by atoms with Crippen molar-refractivity contribution >= 4 is 31.2 Å². The lowest BCUT2D eigenvalue weighted by atomic mass is 10.1. The van der Waals surface area contributed by atoms with Crippen molar-refractivity contribution in [1.82, 2.24) is 9.97 Å². The maximum atomic E-state index is 12.5. The molecule has 0 spiro atoms. The Balaban J connectivity index is 2.15. The molecule has 0 saturated heterocycles. The lowest BCUT2D eigenvalue weighted by Crippen LogP contribution is -2.28. The highest BCUT2D eigenvalue weighted by atomic mass is 32.2. The van der Waals surface area contributed by atoms with Gasteiger partial charge < -0.3 is 4.18 Å². The van der Waals surface area contributed by atoms with E-state index >= 15 is 0 Å². The molecule has 3 rings (SSSR count). The summed E-state index contributed by atoms with van der Waals surface area (Å²) in [5.41, 5.74) is -4.79. The first-order chi connectivity index (χ1) is 12.9. The molecule has 13 heteroatoms. The van der Waals surface area contributed by atoms with E-state index in [4.69, 9.17) is 5.14 Å². The van der Waals surface area contributed by atoms with E-state index in [2.05, 4.69) is 14.2 Å². The van der Waals surface area contributed by atoms with E-state index in [0.29, 0.717) is 5.56 Å². The second-order valence-corrected chi connectivity index (χ2v) is 8.53. The van der Waals surface area contributed by atoms with Gasteiger partial charge in [0.1, 0.15) is 5.52 Å². The van der Waals surface area contributed by atoms with Crippen molar-refractivity contribution in [3.63, 3.8) is 0 Å². The van der Waals surface area contributed by atoms with Crippen LogP contribution in [-0.4, -0.2) is 32.3 Å². The molecule has 0 saturated carbocycles. The smallest absolute Gasteiger partial charge is 0.355 e. The predicted molar refractivity (Wildman–Crippen MR) is 92.0 cm³/mol. The van der Waals surface area contributed by atoms with Crippen molar-refractivity contribution in [2.24, 2.45) is 5.14 Å². The number of aromatic nitrogens is 2. The van der Waals surface area contributed by atoms with Crippen LogP contribution >= 0.6 is 0 Å². The number of nitrogens with zero attached hydrogens (tertiary/aromatic N) is 2. The third kappa shape index (κ3) is 3.90. The lowest BCUT2D eigenvalue weighted by Gasteiger charge is -2.11. The molecular weight excluding hydrogens is 423 g/mol. The summed E-state index contributed by atoms with van der Waals surface area (Å²) in [6.45, 7) is 0. The average molecular weight is 433 g/mol. The molecule has 0 aliphatic heterocycles. The highest BCUT2D eigenvalue weighted by Crippen LogP contribution is 2.31. The molecular formula is C15H10F3N3O5S2. The van der Waals surface area contributed by atoms with Gasteiger partial charge in [-0.3, -0.25) is 4.98 Å². The normalized spacial score (nSPS) is 12.9. The highest BCUT2D eigenvalue weighted by Gasteiger charge is 2.48. The zero-order valence-corrected chi connectivity index (χ0v) is 15.2. The van der Waals surface area contributed by atoms with Crippen LogP contribution in [0, 0.1) is 0 Å². The number of sulfonamides is 1. The average Bonchev–Trinajstić information content (AvgIpc) is 2.59. The van der Waals surface area contributed by atoms with Crippen LogP contribution in [0.4, 0.5) is 13.2 Å². The van der Waals surface area contributed by atoms with Crippen LogP contribution in [0.25, 0.3) is 22.2 Å². The SMILES string of the molecule is NS(=O)(=O)c1cccc(-c2ccnc3ccc(OS(=O)(=O)C(F)(F)F)nc23)c1. The molecule has 0 radical (unpaired) electrons. The van der Waals surface area contributed by atoms with Crippen LogP contribution in [0.3, 0.4) is 0 Å². The second-order valence-electron chi connectivity index (χ2n) is 5.43. The number of nitrogens with two attached hydrogens (primary N) is 1. The summed E-state index contributed by atoms with van der Waals surface area (Å²) in [6.07, 6.45) is 1.37. The van der Waals surface area contributed by atoms with Crippen molar-refractivity contribution in [3.05, 3.63) is 48.7 Å². The Hall–Kier alpha value is -2.77. The van der Waals surface area contributed by atoms with E-state index in [9.17, 15) is 30.0 Å². The van der Waals surface area contributed by atoms with Gasteiger partial charge in [-0.15, -0.1) is 0 Å². The zero-order valence-electron chi connectivity index (χ0n) is 13.6. The predicted octanol–water partition coefficient (Wildman–Crippen LogP) is 2.17. The Morgan fingerprint density at radius 2 is 1.71 bits per heavy atom. The summed E-state index contributed by atoms with van der Waals surface area (Å²) >= 11 is 0. The standard InChI is InChI=1S/C15H10F3N3O5S2/c16-15(17,18)28(24,25)26-13-5-4-12-14(21-13)11(6-7-20-12)9-2-1-3-10(8-9)27(19,22)23/h1-8H,(H2,19,22,23). The quantitative estimate of drug-likeness (QED) is 0.493. The number of alkyl halides is 3. The number of benzene rings is 1. The maximum Gasteiger partial charge on any atom is 0.534 e. The molecule has 0 aliphatic rings. The first-order valence-electron chi connectivity index (χ1n) is 7.28. The minimum atomic E-state index is -5.90. The molecule has 0 atom stereocenters. The fourth-order valence-corrected chi connectivity index (χ4v) is 3.26. The number of fused-ring (bicyclic) bond motifs is 1. The summed E-state index contributed by atoms with van der Waals surface area (Å²) in [7, 11) is -9.90. The molecule has 2 aromatic heterocycles. The van der Waals surface area contributed by atoms with Gasteiger partial charge in [0.2, 0.25) is 15.9 Å². The van der Waals surface area contributed by atoms with Gasteiger partial charge in [-0.05, 0) is 29.8 Å². The van der Waals surface area contributed by atoms with Crippen molar-refractivity contribution in [2.45, 2.75) is 10.4 Å². The van der Waals surface area contributed by atoms with E-state index in [0.717, 1.165) is 6.07 Å². The van der Waals surface area contributed by atoms with Gasteiger partial charge in [-0.2, -0.15) is 21.6 Å². The Kier molecular flexibility index (Phi) is 4.77. The molecule has 8 nitrogen and oxygen atoms in total. The van der Waals surface area contributed by atoms with Gasteiger partial charge in [0.15, 0.2) is 0 Å². The molecule has 0 fully saturated rings. The van der Waals surface area contributed by atoms with Gasteiger partial charge in [-0.1, -0.05) is 12.1 Å². The molecule has 1 aromatic carbocycles. The van der Waals surface area contributed by atoms with Crippen molar-refractivity contribution in [1.29, 1.82) is 0 Å². The Morgan fingerprint density at radius 3 is 2.36 bits per heavy atom. The van der Waals surface area contributed by atoms with Crippen LogP contribution < -0.4 is 9.32 Å². The van der Waals surface area contributed by atoms with Crippen molar-refractivity contribution in [2.75, 3.05) is 0 Å². The molecule has 2 N–H and O–H groups in total. The summed E-state index contributed by atoms with van der Waals surface area (Å²) in [5.74, 6) is -0.818. The first kappa shape index (κ1) is 20.0. The second kappa shape index (κ2) is 6.68. The number of rotatable bonds is 4. The summed E-state index contributed by atoms with van der Waals surface area (Å²) in [4.78, 5) is 7.60. The van der Waals surface area contributed by atoms with Crippen LogP contribution in [0.1, 0.15) is 0 Å².